The molecular formula is C36H30N2O5. The van der Waals surface area contributed by atoms with E-state index in [0.717, 1.165) is 16.9 Å². The zero-order valence-electron chi connectivity index (χ0n) is 23.8. The molecule has 0 saturated carbocycles. The molecule has 0 spiro atoms. The number of Topliss-reactive ketones (excluding diaryl/α,β-unsaturated/α-hetero) is 1. The Balaban J connectivity index is 1.26. The van der Waals surface area contributed by atoms with Crippen molar-refractivity contribution in [3.05, 3.63) is 118 Å². The van der Waals surface area contributed by atoms with Gasteiger partial charge in [0.2, 0.25) is 11.8 Å². The highest BCUT2D eigenvalue weighted by molar-refractivity contribution is 6.25. The SMILES string of the molecule is CC1=CC(=O)C2=C(C1=O)C(c1cccc(C)c1O)C1=CCC3C(=O)N(c4ccc(Nc5ccccc5)cc4)C(=O)C3C1C2. The number of carbonyl (C=O) groups is 4. The average molecular weight is 571 g/mol. The summed E-state index contributed by atoms with van der Waals surface area (Å²) in [6, 6.07) is 22.3. The molecule has 1 fully saturated rings. The second kappa shape index (κ2) is 10.1. The molecule has 3 aromatic carbocycles. The van der Waals surface area contributed by atoms with Gasteiger partial charge in [-0.1, -0.05) is 48.0 Å². The minimum atomic E-state index is -0.673. The number of amides is 2. The van der Waals surface area contributed by atoms with Crippen LogP contribution in [0.4, 0.5) is 17.1 Å². The monoisotopic (exact) mass is 570 g/mol. The number of nitrogens with one attached hydrogen (secondary N) is 1. The largest absolute Gasteiger partial charge is 0.507 e. The standard InChI is InChI=1S/C36H30N2O5/c1-19-7-6-10-25(33(19)40)30-24-15-16-26-31(27(24)18-28-29(39)17-20(2)34(41)32(28)30)36(43)38(35(26)42)23-13-11-22(12-14-23)37-21-8-4-3-5-9-21/h3-15,17,26-27,30-31,37,40H,16,18H2,1-2H3. The van der Waals surface area contributed by atoms with Crippen molar-refractivity contribution in [1.82, 2.24) is 0 Å². The zero-order valence-corrected chi connectivity index (χ0v) is 23.8. The Bertz CT molecular complexity index is 1820. The highest BCUT2D eigenvalue weighted by Crippen LogP contribution is 2.56. The van der Waals surface area contributed by atoms with Gasteiger partial charge in [-0.2, -0.15) is 0 Å². The summed E-state index contributed by atoms with van der Waals surface area (Å²) in [6.45, 7) is 3.42. The molecular weight excluding hydrogens is 540 g/mol. The zero-order chi connectivity index (χ0) is 30.0. The fourth-order valence-electron chi connectivity index (χ4n) is 7.27. The number of carbonyl (C=O) groups excluding carboxylic acids is 4. The Morgan fingerprint density at radius 1 is 0.814 bits per heavy atom. The van der Waals surface area contributed by atoms with E-state index in [-0.39, 0.29) is 35.6 Å². The Morgan fingerprint density at radius 2 is 1.53 bits per heavy atom. The number of allylic oxidation sites excluding steroid dienone is 6. The predicted molar refractivity (Wildman–Crippen MR) is 163 cm³/mol. The molecule has 43 heavy (non-hydrogen) atoms. The van der Waals surface area contributed by atoms with Gasteiger partial charge in [-0.25, -0.2) is 0 Å². The fraction of sp³-hybridized carbons (Fsp3) is 0.222. The van der Waals surface area contributed by atoms with Gasteiger partial charge in [0, 0.05) is 39.6 Å². The lowest BCUT2D eigenvalue weighted by Gasteiger charge is -2.42. The van der Waals surface area contributed by atoms with Gasteiger partial charge < -0.3 is 10.4 Å². The third-order valence-electron chi connectivity index (χ3n) is 9.33. The van der Waals surface area contributed by atoms with E-state index < -0.39 is 23.7 Å². The van der Waals surface area contributed by atoms with E-state index in [1.807, 2.05) is 54.6 Å². The molecule has 214 valence electrons. The van der Waals surface area contributed by atoms with Crippen LogP contribution in [0.1, 0.15) is 36.8 Å². The molecule has 7 rings (SSSR count). The number of phenols is 1. The maximum Gasteiger partial charge on any atom is 0.238 e. The molecule has 4 unspecified atom stereocenters. The number of imide groups is 1. The number of hydrogen-bond donors (Lipinski definition) is 2. The first-order valence-corrected chi connectivity index (χ1v) is 14.5. The number of nitrogens with zero attached hydrogens (tertiary/aromatic N) is 1. The minimum Gasteiger partial charge on any atom is -0.507 e. The minimum absolute atomic E-state index is 0.0649. The lowest BCUT2D eigenvalue weighted by Crippen LogP contribution is -2.39. The van der Waals surface area contributed by atoms with E-state index in [9.17, 15) is 24.3 Å². The van der Waals surface area contributed by atoms with Crippen LogP contribution in [0.5, 0.6) is 5.75 Å². The van der Waals surface area contributed by atoms with Crippen LogP contribution in [0.15, 0.2) is 107 Å². The highest BCUT2D eigenvalue weighted by Gasteiger charge is 2.56. The van der Waals surface area contributed by atoms with Crippen LogP contribution in [0.3, 0.4) is 0 Å². The number of anilines is 3. The molecule has 7 heteroatoms. The summed E-state index contributed by atoms with van der Waals surface area (Å²) in [5.74, 6) is -3.33. The smallest absolute Gasteiger partial charge is 0.238 e. The average Bonchev–Trinajstić information content (AvgIpc) is 3.27. The maximum atomic E-state index is 14.1. The number of rotatable bonds is 4. The summed E-state index contributed by atoms with van der Waals surface area (Å²) in [4.78, 5) is 56.1. The van der Waals surface area contributed by atoms with Crippen molar-refractivity contribution in [1.29, 1.82) is 0 Å². The van der Waals surface area contributed by atoms with Crippen molar-refractivity contribution in [2.45, 2.75) is 32.6 Å². The quantitative estimate of drug-likeness (QED) is 0.224. The van der Waals surface area contributed by atoms with Crippen LogP contribution in [0, 0.1) is 24.7 Å². The van der Waals surface area contributed by atoms with Crippen molar-refractivity contribution < 1.29 is 24.3 Å². The van der Waals surface area contributed by atoms with Gasteiger partial charge in [0.25, 0.3) is 0 Å². The Labute approximate surface area is 249 Å². The van der Waals surface area contributed by atoms with Gasteiger partial charge in [0.05, 0.1) is 17.5 Å². The van der Waals surface area contributed by atoms with Crippen LogP contribution in [-0.4, -0.2) is 28.5 Å². The van der Waals surface area contributed by atoms with Crippen LogP contribution in [0.25, 0.3) is 0 Å². The molecule has 4 aliphatic rings. The van der Waals surface area contributed by atoms with E-state index in [4.69, 9.17) is 0 Å². The predicted octanol–water partition coefficient (Wildman–Crippen LogP) is 6.08. The molecule has 2 N–H and O–H groups in total. The van der Waals surface area contributed by atoms with Crippen molar-refractivity contribution in [3.63, 3.8) is 0 Å². The first-order valence-electron chi connectivity index (χ1n) is 14.5. The summed E-state index contributed by atoms with van der Waals surface area (Å²) in [5.41, 5.74) is 5.37. The first-order chi connectivity index (χ1) is 20.7. The van der Waals surface area contributed by atoms with Crippen molar-refractivity contribution in [2.24, 2.45) is 17.8 Å². The molecule has 3 aliphatic carbocycles. The van der Waals surface area contributed by atoms with Crippen LogP contribution < -0.4 is 10.2 Å². The van der Waals surface area contributed by atoms with Crippen LogP contribution >= 0.6 is 0 Å². The van der Waals surface area contributed by atoms with Gasteiger partial charge in [-0.15, -0.1) is 0 Å². The maximum absolute atomic E-state index is 14.1. The topological polar surface area (TPSA) is 104 Å². The second-order valence-corrected chi connectivity index (χ2v) is 11.8. The number of para-hydroxylation sites is 2. The summed E-state index contributed by atoms with van der Waals surface area (Å²) < 4.78 is 0. The molecule has 2 amide bonds. The van der Waals surface area contributed by atoms with E-state index in [2.05, 4.69) is 5.32 Å². The molecule has 4 atom stereocenters. The Kier molecular flexibility index (Phi) is 6.27. The van der Waals surface area contributed by atoms with E-state index in [1.54, 1.807) is 38.1 Å². The summed E-state index contributed by atoms with van der Waals surface area (Å²) >= 11 is 0. The van der Waals surface area contributed by atoms with E-state index in [1.165, 1.54) is 11.0 Å². The van der Waals surface area contributed by atoms with Gasteiger partial charge in [0.1, 0.15) is 5.75 Å². The number of aromatic hydroxyl groups is 1. The first kappa shape index (κ1) is 26.8. The van der Waals surface area contributed by atoms with E-state index in [0.29, 0.717) is 40.0 Å². The summed E-state index contributed by atoms with van der Waals surface area (Å²) in [7, 11) is 0. The van der Waals surface area contributed by atoms with Gasteiger partial charge in [-0.3, -0.25) is 24.1 Å². The fourth-order valence-corrected chi connectivity index (χ4v) is 7.27. The molecule has 3 aromatic rings. The van der Waals surface area contributed by atoms with Gasteiger partial charge in [0.15, 0.2) is 11.6 Å². The van der Waals surface area contributed by atoms with E-state index >= 15 is 0 Å². The normalized spacial score (nSPS) is 24.7. The summed E-state index contributed by atoms with van der Waals surface area (Å²) in [5, 5.41) is 14.5. The Hall–Kier alpha value is -5.04. The molecule has 1 heterocycles. The summed E-state index contributed by atoms with van der Waals surface area (Å²) in [6.07, 6.45) is 3.87. The number of benzene rings is 3. The van der Waals surface area contributed by atoms with Crippen molar-refractivity contribution in [2.75, 3.05) is 10.2 Å². The number of hydrogen-bond acceptors (Lipinski definition) is 6. The molecule has 0 bridgehead atoms. The number of phenolic OH excluding ortho intramolecular Hbond substituents is 1. The number of ketones is 2. The molecule has 7 nitrogen and oxygen atoms in total. The lowest BCUT2D eigenvalue weighted by molar-refractivity contribution is -0.123. The highest BCUT2D eigenvalue weighted by atomic mass is 16.3. The number of fused-ring (bicyclic) bond motifs is 3. The number of aryl methyl sites for hydroxylation is 1. The van der Waals surface area contributed by atoms with Crippen molar-refractivity contribution in [3.8, 4) is 5.75 Å². The Morgan fingerprint density at radius 3 is 2.28 bits per heavy atom. The van der Waals surface area contributed by atoms with Gasteiger partial charge >= 0.3 is 0 Å². The lowest BCUT2D eigenvalue weighted by atomic mass is 9.59. The molecule has 0 aromatic heterocycles. The van der Waals surface area contributed by atoms with Crippen LogP contribution in [0.2, 0.25) is 0 Å². The third kappa shape index (κ3) is 4.18. The van der Waals surface area contributed by atoms with Crippen molar-refractivity contribution >= 4 is 40.4 Å². The molecule has 0 radical (unpaired) electrons. The second-order valence-electron chi connectivity index (χ2n) is 11.8. The molecule has 1 aliphatic heterocycles. The molecule has 1 saturated heterocycles. The van der Waals surface area contributed by atoms with Gasteiger partial charge in [-0.05, 0) is 80.6 Å². The van der Waals surface area contributed by atoms with Crippen LogP contribution in [-0.2, 0) is 19.2 Å². The third-order valence-corrected chi connectivity index (χ3v) is 9.33.